The van der Waals surface area contributed by atoms with Crippen molar-refractivity contribution in [1.82, 2.24) is 15.6 Å². The summed E-state index contributed by atoms with van der Waals surface area (Å²) in [6.07, 6.45) is 3.31. The summed E-state index contributed by atoms with van der Waals surface area (Å²) in [5, 5.41) is 17.1. The predicted octanol–water partition coefficient (Wildman–Crippen LogP) is 2.87. The lowest BCUT2D eigenvalue weighted by molar-refractivity contribution is 0.0817. The van der Waals surface area contributed by atoms with Crippen LogP contribution in [0, 0.1) is 11.6 Å². The van der Waals surface area contributed by atoms with Crippen molar-refractivity contribution < 1.29 is 31.5 Å². The van der Waals surface area contributed by atoms with E-state index in [1.54, 1.807) is 0 Å². The average molecular weight is 549 g/mol. The van der Waals surface area contributed by atoms with Crippen LogP contribution >= 0.6 is 0 Å². The number of aryl methyl sites for hydroxylation is 1. The fourth-order valence-corrected chi connectivity index (χ4v) is 4.73. The van der Waals surface area contributed by atoms with Gasteiger partial charge in [-0.1, -0.05) is 31.2 Å². The van der Waals surface area contributed by atoms with Crippen LogP contribution < -0.4 is 15.4 Å². The molecule has 1 amide bonds. The molecule has 204 valence electrons. The number of benzene rings is 2. The Balaban J connectivity index is 1.50. The number of sulfonamides is 1. The number of aromatic nitrogens is 1. The third-order valence-electron chi connectivity index (χ3n) is 6.46. The molecule has 2 unspecified atom stereocenters. The van der Waals surface area contributed by atoms with Gasteiger partial charge in [0.1, 0.15) is 17.9 Å². The van der Waals surface area contributed by atoms with Gasteiger partial charge < -0.3 is 20.2 Å². The van der Waals surface area contributed by atoms with Crippen LogP contribution in [0.1, 0.15) is 46.9 Å². The van der Waals surface area contributed by atoms with Gasteiger partial charge in [-0.3, -0.25) is 4.79 Å². The Hall–Kier alpha value is -3.35. The number of carbonyl (C=O) groups is 1. The summed E-state index contributed by atoms with van der Waals surface area (Å²) in [5.41, 5.74) is 2.03. The standard InChI is InChI=1S/C26H30F2N4O5S/c1-3-16-5-4-6-18(9-16)26(7-8-26)29-14-23(33)21(12-17-10-19(27)13-20(28)11-17)30-24(34)22-15-37-25(31-22)32-38(2,35)36/h4-6,9-11,13,15,21,23,29,33H,3,7-8,12,14H2,1-2H3,(H,30,34)(H,31,32). The zero-order valence-electron chi connectivity index (χ0n) is 21.0. The van der Waals surface area contributed by atoms with Gasteiger partial charge >= 0.3 is 6.01 Å². The van der Waals surface area contributed by atoms with Gasteiger partial charge in [-0.05, 0) is 54.5 Å². The van der Waals surface area contributed by atoms with Crippen molar-refractivity contribution in [3.05, 3.63) is 82.7 Å². The fourth-order valence-electron chi connectivity index (χ4n) is 4.32. The second kappa shape index (κ2) is 11.2. The van der Waals surface area contributed by atoms with Gasteiger partial charge in [0.25, 0.3) is 5.91 Å². The number of nitrogens with one attached hydrogen (secondary N) is 3. The summed E-state index contributed by atoms with van der Waals surface area (Å²) in [7, 11) is -3.68. The van der Waals surface area contributed by atoms with Gasteiger partial charge in [0.15, 0.2) is 5.69 Å². The number of aliphatic hydroxyl groups is 1. The largest absolute Gasteiger partial charge is 0.431 e. The van der Waals surface area contributed by atoms with Crippen molar-refractivity contribution in [2.45, 2.75) is 50.3 Å². The molecule has 12 heteroatoms. The van der Waals surface area contributed by atoms with Gasteiger partial charge in [-0.25, -0.2) is 21.9 Å². The van der Waals surface area contributed by atoms with Crippen LogP contribution in [0.2, 0.25) is 0 Å². The van der Waals surface area contributed by atoms with E-state index in [1.807, 2.05) is 16.9 Å². The first kappa shape index (κ1) is 27.7. The third-order valence-corrected chi connectivity index (χ3v) is 7.00. The Labute approximate surface area is 219 Å². The number of carbonyl (C=O) groups excluding carboxylic acids is 1. The molecular weight excluding hydrogens is 518 g/mol. The predicted molar refractivity (Wildman–Crippen MR) is 137 cm³/mol. The van der Waals surface area contributed by atoms with E-state index in [-0.39, 0.29) is 29.8 Å². The fraction of sp³-hybridized carbons (Fsp3) is 0.385. The molecule has 1 fully saturated rings. The number of hydrogen-bond acceptors (Lipinski definition) is 7. The molecule has 1 aliphatic rings. The SMILES string of the molecule is CCc1cccc(C2(NCC(O)C(Cc3cc(F)cc(F)c3)NC(=O)c3coc(NS(C)(=O)=O)n3)CC2)c1. The van der Waals surface area contributed by atoms with Gasteiger partial charge in [0.05, 0.1) is 18.4 Å². The van der Waals surface area contributed by atoms with Crippen molar-refractivity contribution in [3.8, 4) is 0 Å². The minimum Gasteiger partial charge on any atom is -0.431 e. The maximum absolute atomic E-state index is 13.8. The molecule has 9 nitrogen and oxygen atoms in total. The Morgan fingerprint density at radius 1 is 1.16 bits per heavy atom. The first-order chi connectivity index (χ1) is 18.0. The summed E-state index contributed by atoms with van der Waals surface area (Å²) < 4.78 is 57.4. The molecule has 2 atom stereocenters. The number of oxazole rings is 1. The van der Waals surface area contributed by atoms with Crippen LogP contribution in [0.3, 0.4) is 0 Å². The van der Waals surface area contributed by atoms with Crippen LogP contribution in [0.5, 0.6) is 0 Å². The number of rotatable bonds is 12. The highest BCUT2D eigenvalue weighted by Crippen LogP contribution is 2.45. The normalized spacial score (nSPS) is 16.0. The minimum atomic E-state index is -3.68. The lowest BCUT2D eigenvalue weighted by Crippen LogP contribution is -2.50. The highest BCUT2D eigenvalue weighted by atomic mass is 32.2. The van der Waals surface area contributed by atoms with Crippen LogP contribution in [0.25, 0.3) is 0 Å². The maximum atomic E-state index is 13.8. The molecule has 4 rings (SSSR count). The van der Waals surface area contributed by atoms with E-state index in [0.29, 0.717) is 0 Å². The third kappa shape index (κ3) is 7.15. The molecule has 3 aromatic rings. The molecule has 2 aromatic carbocycles. The van der Waals surface area contributed by atoms with E-state index in [9.17, 15) is 27.1 Å². The topological polar surface area (TPSA) is 134 Å². The second-order valence-electron chi connectivity index (χ2n) is 9.56. The van der Waals surface area contributed by atoms with E-state index in [2.05, 4.69) is 34.7 Å². The van der Waals surface area contributed by atoms with Crippen molar-refractivity contribution >= 4 is 21.9 Å². The van der Waals surface area contributed by atoms with E-state index in [0.717, 1.165) is 55.5 Å². The van der Waals surface area contributed by atoms with Crippen molar-refractivity contribution in [3.63, 3.8) is 0 Å². The molecule has 0 radical (unpaired) electrons. The number of halogens is 2. The van der Waals surface area contributed by atoms with Crippen LogP contribution in [0.4, 0.5) is 14.8 Å². The van der Waals surface area contributed by atoms with Crippen LogP contribution in [-0.4, -0.2) is 49.4 Å². The monoisotopic (exact) mass is 548 g/mol. The van der Waals surface area contributed by atoms with E-state index >= 15 is 0 Å². The summed E-state index contributed by atoms with van der Waals surface area (Å²) in [6.45, 7) is 2.17. The molecule has 1 aliphatic carbocycles. The number of anilines is 1. The highest BCUT2D eigenvalue weighted by molar-refractivity contribution is 7.91. The molecule has 4 N–H and O–H groups in total. The molecule has 1 saturated carbocycles. The summed E-state index contributed by atoms with van der Waals surface area (Å²) in [4.78, 5) is 16.7. The van der Waals surface area contributed by atoms with Gasteiger partial charge in [-0.2, -0.15) is 4.98 Å². The molecule has 0 bridgehead atoms. The first-order valence-corrected chi connectivity index (χ1v) is 14.1. The van der Waals surface area contributed by atoms with Gasteiger partial charge in [0.2, 0.25) is 10.0 Å². The van der Waals surface area contributed by atoms with Gasteiger partial charge in [0, 0.05) is 18.2 Å². The molecule has 0 saturated heterocycles. The molecule has 1 heterocycles. The van der Waals surface area contributed by atoms with Crippen LogP contribution in [-0.2, 0) is 28.4 Å². The Morgan fingerprint density at radius 2 is 1.87 bits per heavy atom. The zero-order chi connectivity index (χ0) is 27.5. The summed E-state index contributed by atoms with van der Waals surface area (Å²) in [5.74, 6) is -2.31. The summed E-state index contributed by atoms with van der Waals surface area (Å²) in [6, 6.07) is 9.86. The second-order valence-corrected chi connectivity index (χ2v) is 11.3. The Bertz CT molecular complexity index is 1390. The van der Waals surface area contributed by atoms with Gasteiger partial charge in [-0.15, -0.1) is 0 Å². The van der Waals surface area contributed by atoms with Crippen LogP contribution in [0.15, 0.2) is 53.1 Å². The first-order valence-electron chi connectivity index (χ1n) is 12.2. The van der Waals surface area contributed by atoms with Crippen molar-refractivity contribution in [2.75, 3.05) is 17.5 Å². The molecule has 0 spiro atoms. The quantitative estimate of drug-likeness (QED) is 0.274. The highest BCUT2D eigenvalue weighted by Gasteiger charge is 2.44. The number of nitrogens with zero attached hydrogens (tertiary/aromatic N) is 1. The molecular formula is C26H30F2N4O5S. The molecule has 1 aromatic heterocycles. The summed E-state index contributed by atoms with van der Waals surface area (Å²) >= 11 is 0. The Morgan fingerprint density at radius 3 is 2.50 bits per heavy atom. The number of hydrogen-bond donors (Lipinski definition) is 4. The van der Waals surface area contributed by atoms with E-state index < -0.39 is 45.7 Å². The zero-order valence-corrected chi connectivity index (χ0v) is 21.8. The Kier molecular flexibility index (Phi) is 8.14. The molecule has 0 aliphatic heterocycles. The van der Waals surface area contributed by atoms with E-state index in [4.69, 9.17) is 4.42 Å². The number of aliphatic hydroxyl groups excluding tert-OH is 1. The lowest BCUT2D eigenvalue weighted by atomic mass is 9.98. The minimum absolute atomic E-state index is 0.0755. The smallest absolute Gasteiger partial charge is 0.309 e. The van der Waals surface area contributed by atoms with Crippen molar-refractivity contribution in [2.24, 2.45) is 0 Å². The molecule has 38 heavy (non-hydrogen) atoms. The van der Waals surface area contributed by atoms with E-state index in [1.165, 1.54) is 5.56 Å². The number of amides is 1. The average Bonchev–Trinajstić information content (AvgIpc) is 3.51. The maximum Gasteiger partial charge on any atom is 0.309 e. The van der Waals surface area contributed by atoms with Crippen molar-refractivity contribution in [1.29, 1.82) is 0 Å². The lowest BCUT2D eigenvalue weighted by Gasteiger charge is -2.27.